The van der Waals surface area contributed by atoms with E-state index in [9.17, 15) is 10.1 Å². The molecule has 0 aromatic heterocycles. The predicted octanol–water partition coefficient (Wildman–Crippen LogP) is 3.42. The molecule has 1 heterocycles. The molecule has 0 saturated carbocycles. The molecule has 5 nitrogen and oxygen atoms in total. The number of hydrogen-bond donors (Lipinski definition) is 1. The fourth-order valence-electron chi connectivity index (χ4n) is 2.84. The summed E-state index contributed by atoms with van der Waals surface area (Å²) in [5, 5.41) is 14.3. The van der Waals surface area contributed by atoms with Crippen molar-refractivity contribution in [2.45, 2.75) is 26.2 Å². The number of anilines is 1. The quantitative estimate of drug-likeness (QED) is 0.449. The number of halogens is 1. The molecule has 1 atom stereocenters. The van der Waals surface area contributed by atoms with Crippen LogP contribution in [-0.4, -0.2) is 31.1 Å². The number of nitro benzene ring substituents is 1. The van der Waals surface area contributed by atoms with E-state index < -0.39 is 0 Å². The van der Waals surface area contributed by atoms with Crippen molar-refractivity contribution in [1.82, 2.24) is 5.32 Å². The first kappa shape index (κ1) is 16.5. The van der Waals surface area contributed by atoms with Gasteiger partial charge in [-0.2, -0.15) is 0 Å². The van der Waals surface area contributed by atoms with Crippen molar-refractivity contribution in [3.63, 3.8) is 0 Å². The molecule has 1 fully saturated rings. The summed E-state index contributed by atoms with van der Waals surface area (Å²) in [4.78, 5) is 12.9. The van der Waals surface area contributed by atoms with Crippen LogP contribution in [0.15, 0.2) is 18.2 Å². The number of nitro groups is 1. The minimum absolute atomic E-state index is 0.166. The predicted molar refractivity (Wildman–Crippen MR) is 93.9 cm³/mol. The summed E-state index contributed by atoms with van der Waals surface area (Å²) in [6.45, 7) is 6.38. The molecule has 0 bridgehead atoms. The summed E-state index contributed by atoms with van der Waals surface area (Å²) < 4.78 is 0.957. The average molecular weight is 403 g/mol. The van der Waals surface area contributed by atoms with Crippen molar-refractivity contribution >= 4 is 34.0 Å². The van der Waals surface area contributed by atoms with Crippen LogP contribution in [-0.2, 0) is 0 Å². The molecule has 6 heteroatoms. The molecule has 1 aliphatic rings. The van der Waals surface area contributed by atoms with E-state index in [0.717, 1.165) is 41.9 Å². The van der Waals surface area contributed by atoms with Gasteiger partial charge in [0, 0.05) is 28.8 Å². The van der Waals surface area contributed by atoms with Gasteiger partial charge in [0.1, 0.15) is 0 Å². The van der Waals surface area contributed by atoms with Crippen LogP contribution in [0.1, 0.15) is 26.2 Å². The molecule has 1 unspecified atom stereocenters. The molecule has 0 amide bonds. The molecular formula is C15H22IN3O2. The van der Waals surface area contributed by atoms with Gasteiger partial charge >= 0.3 is 0 Å². The van der Waals surface area contributed by atoms with E-state index in [2.05, 4.69) is 39.7 Å². The largest absolute Gasteiger partial charge is 0.370 e. The first-order valence-electron chi connectivity index (χ1n) is 7.51. The van der Waals surface area contributed by atoms with E-state index >= 15 is 0 Å². The average Bonchev–Trinajstić information content (AvgIpc) is 2.48. The molecule has 0 spiro atoms. The molecule has 1 saturated heterocycles. The van der Waals surface area contributed by atoms with Crippen molar-refractivity contribution < 1.29 is 4.92 Å². The van der Waals surface area contributed by atoms with Crippen molar-refractivity contribution in [3.05, 3.63) is 31.9 Å². The second kappa shape index (κ2) is 7.93. The summed E-state index contributed by atoms with van der Waals surface area (Å²) in [5.41, 5.74) is 1.28. The van der Waals surface area contributed by atoms with Crippen LogP contribution in [0.4, 0.5) is 11.4 Å². The van der Waals surface area contributed by atoms with Gasteiger partial charge in [-0.1, -0.05) is 6.92 Å². The fourth-order valence-corrected chi connectivity index (χ4v) is 3.68. The van der Waals surface area contributed by atoms with Crippen molar-refractivity contribution in [2.75, 3.05) is 31.1 Å². The Morgan fingerprint density at radius 1 is 1.52 bits per heavy atom. The van der Waals surface area contributed by atoms with Crippen molar-refractivity contribution in [3.8, 4) is 0 Å². The Kier molecular flexibility index (Phi) is 6.22. The van der Waals surface area contributed by atoms with Crippen molar-refractivity contribution in [2.24, 2.45) is 5.92 Å². The summed E-state index contributed by atoms with van der Waals surface area (Å²) in [7, 11) is 0. The van der Waals surface area contributed by atoms with Gasteiger partial charge in [0.25, 0.3) is 5.69 Å². The second-order valence-electron chi connectivity index (χ2n) is 5.55. The number of nitrogens with one attached hydrogen (secondary N) is 1. The van der Waals surface area contributed by atoms with Crippen molar-refractivity contribution in [1.29, 1.82) is 0 Å². The number of benzene rings is 1. The van der Waals surface area contributed by atoms with Gasteiger partial charge in [0.2, 0.25) is 0 Å². The van der Waals surface area contributed by atoms with Crippen LogP contribution >= 0.6 is 22.6 Å². The van der Waals surface area contributed by atoms with Gasteiger partial charge in [0.15, 0.2) is 0 Å². The fraction of sp³-hybridized carbons (Fsp3) is 0.600. The van der Waals surface area contributed by atoms with E-state index in [1.54, 1.807) is 12.1 Å². The highest BCUT2D eigenvalue weighted by molar-refractivity contribution is 14.1. The molecule has 0 radical (unpaired) electrons. The van der Waals surface area contributed by atoms with E-state index in [1.807, 2.05) is 6.07 Å². The maximum atomic E-state index is 10.9. The lowest BCUT2D eigenvalue weighted by atomic mass is 9.98. The third-order valence-corrected chi connectivity index (χ3v) is 4.72. The third kappa shape index (κ3) is 4.54. The van der Waals surface area contributed by atoms with Gasteiger partial charge in [-0.25, -0.2) is 0 Å². The highest BCUT2D eigenvalue weighted by atomic mass is 127. The van der Waals surface area contributed by atoms with Crippen LogP contribution in [0.5, 0.6) is 0 Å². The normalized spacial score (nSPS) is 18.5. The Balaban J connectivity index is 2.14. The number of hydrogen-bond acceptors (Lipinski definition) is 4. The van der Waals surface area contributed by atoms with Gasteiger partial charge in [-0.3, -0.25) is 10.1 Å². The molecule has 0 aliphatic carbocycles. The maximum absolute atomic E-state index is 10.9. The SMILES string of the molecule is CCCN(CC1CCCNC1)c1ccc([N+](=O)[O-])cc1I. The standard InChI is InChI=1S/C15H22IN3O2/c1-2-8-18(11-12-4-3-7-17-10-12)15-6-5-13(19(20)21)9-14(15)16/h5-6,9,12,17H,2-4,7-8,10-11H2,1H3. The van der Waals surface area contributed by atoms with Crippen LogP contribution in [0.25, 0.3) is 0 Å². The Morgan fingerprint density at radius 2 is 2.33 bits per heavy atom. The monoisotopic (exact) mass is 403 g/mol. The van der Waals surface area contributed by atoms with Gasteiger partial charge in [0.05, 0.1) is 10.6 Å². The lowest BCUT2D eigenvalue weighted by molar-refractivity contribution is -0.384. The van der Waals surface area contributed by atoms with E-state index in [4.69, 9.17) is 0 Å². The number of rotatable bonds is 6. The summed E-state index contributed by atoms with van der Waals surface area (Å²) in [5.74, 6) is 0.663. The van der Waals surface area contributed by atoms with E-state index in [-0.39, 0.29) is 10.6 Å². The molecule has 21 heavy (non-hydrogen) atoms. The van der Waals surface area contributed by atoms with Gasteiger partial charge in [-0.05, 0) is 66.9 Å². The van der Waals surface area contributed by atoms with E-state index in [1.165, 1.54) is 12.8 Å². The zero-order valence-corrected chi connectivity index (χ0v) is 14.5. The lowest BCUT2D eigenvalue weighted by Crippen LogP contribution is -2.39. The Labute approximate surface area is 139 Å². The van der Waals surface area contributed by atoms with Gasteiger partial charge < -0.3 is 10.2 Å². The minimum atomic E-state index is -0.332. The van der Waals surface area contributed by atoms with Crippen LogP contribution in [0.2, 0.25) is 0 Å². The number of non-ortho nitro benzene ring substituents is 1. The molecule has 1 N–H and O–H groups in total. The molecule has 116 valence electrons. The molecule has 1 aromatic rings. The lowest BCUT2D eigenvalue weighted by Gasteiger charge is -2.32. The van der Waals surface area contributed by atoms with E-state index in [0.29, 0.717) is 5.92 Å². The Bertz CT molecular complexity index is 490. The highest BCUT2D eigenvalue weighted by Gasteiger charge is 2.19. The molecular weight excluding hydrogens is 381 g/mol. The van der Waals surface area contributed by atoms with Crippen LogP contribution in [0, 0.1) is 19.6 Å². The molecule has 1 aromatic carbocycles. The van der Waals surface area contributed by atoms with Gasteiger partial charge in [-0.15, -0.1) is 0 Å². The zero-order valence-electron chi connectivity index (χ0n) is 12.3. The second-order valence-corrected chi connectivity index (χ2v) is 6.71. The first-order valence-corrected chi connectivity index (χ1v) is 8.59. The van der Waals surface area contributed by atoms with Crippen LogP contribution in [0.3, 0.4) is 0 Å². The number of piperidine rings is 1. The summed E-state index contributed by atoms with van der Waals surface area (Å²) in [6.07, 6.45) is 3.58. The number of nitrogens with zero attached hydrogens (tertiary/aromatic N) is 2. The Morgan fingerprint density at radius 3 is 2.90 bits per heavy atom. The zero-order chi connectivity index (χ0) is 15.2. The Hall–Kier alpha value is -0.890. The molecule has 1 aliphatic heterocycles. The third-order valence-electron chi connectivity index (χ3n) is 3.85. The summed E-state index contributed by atoms with van der Waals surface area (Å²) in [6, 6.07) is 5.17. The smallest absolute Gasteiger partial charge is 0.270 e. The minimum Gasteiger partial charge on any atom is -0.370 e. The summed E-state index contributed by atoms with van der Waals surface area (Å²) >= 11 is 2.21. The van der Waals surface area contributed by atoms with Crippen LogP contribution < -0.4 is 10.2 Å². The molecule has 2 rings (SSSR count). The highest BCUT2D eigenvalue weighted by Crippen LogP contribution is 2.28. The first-order chi connectivity index (χ1) is 10.1. The topological polar surface area (TPSA) is 58.4 Å². The maximum Gasteiger partial charge on any atom is 0.270 e.